The Morgan fingerprint density at radius 1 is 1.08 bits per heavy atom. The van der Waals surface area contributed by atoms with Crippen molar-refractivity contribution in [3.05, 3.63) is 75.3 Å². The molecular formula is C18H19N3O5. The summed E-state index contributed by atoms with van der Waals surface area (Å²) in [6, 6.07) is 12.9. The highest BCUT2D eigenvalue weighted by Crippen LogP contribution is 2.13. The molecule has 8 nitrogen and oxygen atoms in total. The van der Waals surface area contributed by atoms with E-state index in [1.54, 1.807) is 7.11 Å². The zero-order valence-electron chi connectivity index (χ0n) is 14.2. The van der Waals surface area contributed by atoms with Crippen LogP contribution in [0.5, 0.6) is 0 Å². The van der Waals surface area contributed by atoms with Crippen molar-refractivity contribution in [2.45, 2.75) is 13.2 Å². The highest BCUT2D eigenvalue weighted by Gasteiger charge is 2.12. The molecule has 0 aliphatic carbocycles. The molecule has 0 atom stereocenters. The summed E-state index contributed by atoms with van der Waals surface area (Å²) in [5.74, 6) is -0.917. The third-order valence-electron chi connectivity index (χ3n) is 3.62. The number of hydrogen-bond acceptors (Lipinski definition) is 5. The van der Waals surface area contributed by atoms with Crippen LogP contribution in [0.25, 0.3) is 0 Å². The molecule has 0 heterocycles. The summed E-state index contributed by atoms with van der Waals surface area (Å²) in [4.78, 5) is 34.1. The van der Waals surface area contributed by atoms with Gasteiger partial charge in [-0.1, -0.05) is 30.3 Å². The molecule has 2 aromatic rings. The number of methoxy groups -OCH3 is 1. The number of nitrogens with zero attached hydrogens (tertiary/aromatic N) is 1. The number of carbonyl (C=O) groups is 2. The number of nitro groups is 1. The first-order chi connectivity index (χ1) is 12.5. The van der Waals surface area contributed by atoms with E-state index in [4.69, 9.17) is 4.74 Å². The number of carbonyl (C=O) groups excluding carboxylic acids is 2. The fourth-order valence-corrected chi connectivity index (χ4v) is 2.31. The molecule has 0 fully saturated rings. The molecule has 0 unspecified atom stereocenters. The molecule has 0 spiro atoms. The standard InChI is InChI=1S/C18H19N3O5/c1-26-12-15-6-3-2-5-14(15)10-19-17(22)11-20-18(23)13-7-4-8-16(9-13)21(24)25/h2-9H,10-12H2,1H3,(H,19,22)(H,20,23). The highest BCUT2D eigenvalue weighted by molar-refractivity contribution is 5.96. The highest BCUT2D eigenvalue weighted by atomic mass is 16.6. The topological polar surface area (TPSA) is 111 Å². The molecule has 2 rings (SSSR count). The van der Waals surface area contributed by atoms with Gasteiger partial charge in [-0.3, -0.25) is 19.7 Å². The fourth-order valence-electron chi connectivity index (χ4n) is 2.31. The SMILES string of the molecule is COCc1ccccc1CNC(=O)CNC(=O)c1cccc([N+](=O)[O-])c1. The van der Waals surface area contributed by atoms with Gasteiger partial charge in [0.2, 0.25) is 5.91 Å². The van der Waals surface area contributed by atoms with Crippen LogP contribution in [-0.2, 0) is 22.7 Å². The molecule has 2 N–H and O–H groups in total. The lowest BCUT2D eigenvalue weighted by atomic mass is 10.1. The normalized spacial score (nSPS) is 10.2. The molecule has 0 radical (unpaired) electrons. The van der Waals surface area contributed by atoms with Crippen LogP contribution in [0.4, 0.5) is 5.69 Å². The summed E-state index contributed by atoms with van der Waals surface area (Å²) in [6.07, 6.45) is 0. The number of hydrogen-bond donors (Lipinski definition) is 2. The van der Waals surface area contributed by atoms with Gasteiger partial charge in [0.1, 0.15) is 0 Å². The maximum Gasteiger partial charge on any atom is 0.270 e. The maximum atomic E-state index is 12.0. The quantitative estimate of drug-likeness (QED) is 0.553. The summed E-state index contributed by atoms with van der Waals surface area (Å²) >= 11 is 0. The average Bonchev–Trinajstić information content (AvgIpc) is 2.65. The first kappa shape index (κ1) is 19.1. The molecule has 0 aromatic heterocycles. The predicted octanol–water partition coefficient (Wildman–Crippen LogP) is 1.79. The number of benzene rings is 2. The number of amides is 2. The molecule has 0 bridgehead atoms. The second-order valence-corrected chi connectivity index (χ2v) is 5.47. The molecule has 8 heteroatoms. The number of nitrogens with one attached hydrogen (secondary N) is 2. The van der Waals surface area contributed by atoms with Gasteiger partial charge >= 0.3 is 0 Å². The number of non-ortho nitro benzene ring substituents is 1. The molecule has 26 heavy (non-hydrogen) atoms. The van der Waals surface area contributed by atoms with Gasteiger partial charge in [0.05, 0.1) is 18.1 Å². The Hall–Kier alpha value is -3.26. The first-order valence-electron chi connectivity index (χ1n) is 7.86. The van der Waals surface area contributed by atoms with E-state index in [2.05, 4.69) is 10.6 Å². The van der Waals surface area contributed by atoms with E-state index in [-0.39, 0.29) is 23.7 Å². The lowest BCUT2D eigenvalue weighted by Crippen LogP contribution is -2.36. The number of rotatable bonds is 8. The van der Waals surface area contributed by atoms with Gasteiger partial charge in [-0.25, -0.2) is 0 Å². The van der Waals surface area contributed by atoms with Gasteiger partial charge in [0.15, 0.2) is 0 Å². The van der Waals surface area contributed by atoms with Crippen LogP contribution in [0.3, 0.4) is 0 Å². The molecule has 0 saturated carbocycles. The van der Waals surface area contributed by atoms with Gasteiger partial charge in [-0.2, -0.15) is 0 Å². The summed E-state index contributed by atoms with van der Waals surface area (Å²) in [5, 5.41) is 15.9. The van der Waals surface area contributed by atoms with Crippen LogP contribution in [0, 0.1) is 10.1 Å². The van der Waals surface area contributed by atoms with Crippen molar-refractivity contribution in [2.24, 2.45) is 0 Å². The maximum absolute atomic E-state index is 12.0. The lowest BCUT2D eigenvalue weighted by molar-refractivity contribution is -0.384. The van der Waals surface area contributed by atoms with Gasteiger partial charge in [0, 0.05) is 31.4 Å². The van der Waals surface area contributed by atoms with E-state index in [1.165, 1.54) is 18.2 Å². The second-order valence-electron chi connectivity index (χ2n) is 5.47. The molecule has 2 amide bonds. The van der Waals surface area contributed by atoms with Crippen LogP contribution in [0.15, 0.2) is 48.5 Å². The zero-order valence-corrected chi connectivity index (χ0v) is 14.2. The minimum atomic E-state index is -0.582. The van der Waals surface area contributed by atoms with Crippen LogP contribution in [-0.4, -0.2) is 30.4 Å². The van der Waals surface area contributed by atoms with Gasteiger partial charge in [-0.15, -0.1) is 0 Å². The van der Waals surface area contributed by atoms with Gasteiger partial charge in [0.25, 0.3) is 11.6 Å². The van der Waals surface area contributed by atoms with Gasteiger partial charge in [-0.05, 0) is 17.2 Å². The second kappa shape index (κ2) is 9.28. The molecule has 0 aliphatic rings. The number of ether oxygens (including phenoxy) is 1. The molecule has 2 aromatic carbocycles. The number of nitro benzene ring substituents is 1. The third kappa shape index (κ3) is 5.38. The third-order valence-corrected chi connectivity index (χ3v) is 3.62. The Kier molecular flexibility index (Phi) is 6.81. The van der Waals surface area contributed by atoms with Crippen molar-refractivity contribution >= 4 is 17.5 Å². The van der Waals surface area contributed by atoms with Crippen molar-refractivity contribution in [3.63, 3.8) is 0 Å². The Morgan fingerprint density at radius 2 is 1.81 bits per heavy atom. The van der Waals surface area contributed by atoms with E-state index >= 15 is 0 Å². The van der Waals surface area contributed by atoms with Crippen LogP contribution in [0.1, 0.15) is 21.5 Å². The van der Waals surface area contributed by atoms with Crippen LogP contribution < -0.4 is 10.6 Å². The van der Waals surface area contributed by atoms with Crippen molar-refractivity contribution in [1.82, 2.24) is 10.6 Å². The van der Waals surface area contributed by atoms with E-state index in [0.717, 1.165) is 17.2 Å². The molecule has 0 aliphatic heterocycles. The van der Waals surface area contributed by atoms with Crippen molar-refractivity contribution in [3.8, 4) is 0 Å². The van der Waals surface area contributed by atoms with E-state index in [0.29, 0.717) is 13.2 Å². The zero-order chi connectivity index (χ0) is 18.9. The summed E-state index contributed by atoms with van der Waals surface area (Å²) < 4.78 is 5.11. The molecule has 136 valence electrons. The largest absolute Gasteiger partial charge is 0.380 e. The molecular weight excluding hydrogens is 338 g/mol. The predicted molar refractivity (Wildman–Crippen MR) is 94.4 cm³/mol. The van der Waals surface area contributed by atoms with Crippen LogP contribution >= 0.6 is 0 Å². The Labute approximate surface area is 150 Å². The average molecular weight is 357 g/mol. The molecule has 0 saturated heterocycles. The summed E-state index contributed by atoms with van der Waals surface area (Å²) in [7, 11) is 1.60. The van der Waals surface area contributed by atoms with Crippen LogP contribution in [0.2, 0.25) is 0 Å². The fraction of sp³-hybridized carbons (Fsp3) is 0.222. The van der Waals surface area contributed by atoms with E-state index in [9.17, 15) is 19.7 Å². The monoisotopic (exact) mass is 357 g/mol. The van der Waals surface area contributed by atoms with Crippen molar-refractivity contribution < 1.29 is 19.2 Å². The first-order valence-corrected chi connectivity index (χ1v) is 7.86. The van der Waals surface area contributed by atoms with E-state index < -0.39 is 10.8 Å². The van der Waals surface area contributed by atoms with Crippen molar-refractivity contribution in [2.75, 3.05) is 13.7 Å². The van der Waals surface area contributed by atoms with E-state index in [1.807, 2.05) is 24.3 Å². The Morgan fingerprint density at radius 3 is 2.50 bits per heavy atom. The summed E-state index contributed by atoms with van der Waals surface area (Å²) in [5.41, 5.74) is 1.83. The Balaban J connectivity index is 1.86. The summed E-state index contributed by atoms with van der Waals surface area (Å²) in [6.45, 7) is 0.522. The Bertz CT molecular complexity index is 807. The minimum Gasteiger partial charge on any atom is -0.380 e. The smallest absolute Gasteiger partial charge is 0.270 e. The van der Waals surface area contributed by atoms with Crippen molar-refractivity contribution in [1.29, 1.82) is 0 Å². The van der Waals surface area contributed by atoms with Gasteiger partial charge < -0.3 is 15.4 Å². The minimum absolute atomic E-state index is 0.123. The lowest BCUT2D eigenvalue weighted by Gasteiger charge is -2.10.